The zero-order chi connectivity index (χ0) is 22.9. The van der Waals surface area contributed by atoms with E-state index in [2.05, 4.69) is 9.97 Å². The lowest BCUT2D eigenvalue weighted by atomic mass is 9.92. The first-order valence-electron chi connectivity index (χ1n) is 9.99. The zero-order valence-corrected chi connectivity index (χ0v) is 19.2. The summed E-state index contributed by atoms with van der Waals surface area (Å²) in [5.41, 5.74) is -0.580. The molecule has 0 bridgehead atoms. The van der Waals surface area contributed by atoms with Gasteiger partial charge >= 0.3 is 7.60 Å². The molecule has 10 nitrogen and oxygen atoms in total. The fraction of sp³-hybridized carbons (Fsp3) is 0.789. The summed E-state index contributed by atoms with van der Waals surface area (Å²) in [7, 11) is -2.95. The third-order valence-corrected chi connectivity index (χ3v) is 8.12. The summed E-state index contributed by atoms with van der Waals surface area (Å²) in [6.45, 7) is 7.93. The SMILES string of the molecule is CCC(C)(C[C@H]1O[C@@H](c2ncc(=O)[nH]c2C)[C@@H](OC)C1O)OP(=O)(O)C(C)(O)CC. The third-order valence-electron chi connectivity index (χ3n) is 5.90. The zero-order valence-electron chi connectivity index (χ0n) is 18.3. The Labute approximate surface area is 176 Å². The van der Waals surface area contributed by atoms with Crippen LogP contribution in [0.2, 0.25) is 0 Å². The number of methoxy groups -OCH3 is 1. The average Bonchev–Trinajstić information content (AvgIpc) is 2.96. The second-order valence-electron chi connectivity index (χ2n) is 8.23. The number of aliphatic hydroxyl groups is 2. The summed E-state index contributed by atoms with van der Waals surface area (Å²) >= 11 is 0. The predicted molar refractivity (Wildman–Crippen MR) is 109 cm³/mol. The van der Waals surface area contributed by atoms with Gasteiger partial charge < -0.3 is 34.1 Å². The lowest BCUT2D eigenvalue weighted by Crippen LogP contribution is -2.40. The van der Waals surface area contributed by atoms with Crippen molar-refractivity contribution in [3.8, 4) is 0 Å². The van der Waals surface area contributed by atoms with Crippen molar-refractivity contribution in [2.45, 2.75) is 89.2 Å². The van der Waals surface area contributed by atoms with Gasteiger partial charge in [0.2, 0.25) is 0 Å². The van der Waals surface area contributed by atoms with E-state index in [1.807, 2.05) is 0 Å². The van der Waals surface area contributed by atoms with Gasteiger partial charge in [-0.15, -0.1) is 0 Å². The highest BCUT2D eigenvalue weighted by Gasteiger charge is 2.51. The molecule has 172 valence electrons. The van der Waals surface area contributed by atoms with Crippen molar-refractivity contribution in [1.82, 2.24) is 9.97 Å². The minimum Gasteiger partial charge on any atom is -0.388 e. The van der Waals surface area contributed by atoms with E-state index in [1.165, 1.54) is 14.0 Å². The normalized spacial score (nSPS) is 30.4. The molecular formula is C19H33N2O8P. The number of hydrogen-bond donors (Lipinski definition) is 4. The van der Waals surface area contributed by atoms with Crippen molar-refractivity contribution in [2.24, 2.45) is 0 Å². The Bertz CT molecular complexity index is 844. The Balaban J connectivity index is 2.28. The molecule has 1 aromatic rings. The summed E-state index contributed by atoms with van der Waals surface area (Å²) in [6, 6.07) is 0. The Morgan fingerprint density at radius 3 is 2.47 bits per heavy atom. The number of nitrogens with one attached hydrogen (secondary N) is 1. The number of aromatic nitrogens is 2. The maximum absolute atomic E-state index is 12.7. The van der Waals surface area contributed by atoms with Crippen molar-refractivity contribution >= 4 is 7.60 Å². The van der Waals surface area contributed by atoms with E-state index < -0.39 is 43.0 Å². The lowest BCUT2D eigenvalue weighted by Gasteiger charge is -2.37. The van der Waals surface area contributed by atoms with Gasteiger partial charge in [-0.25, -0.2) is 0 Å². The van der Waals surface area contributed by atoms with E-state index in [1.54, 1.807) is 27.7 Å². The Morgan fingerprint density at radius 2 is 1.97 bits per heavy atom. The largest absolute Gasteiger partial charge is 0.388 e. The van der Waals surface area contributed by atoms with Crippen LogP contribution in [0.5, 0.6) is 0 Å². The number of hydrogen-bond acceptors (Lipinski definition) is 8. The van der Waals surface area contributed by atoms with Gasteiger partial charge in [0.1, 0.15) is 18.3 Å². The second-order valence-corrected chi connectivity index (χ2v) is 10.4. The molecule has 1 fully saturated rings. The second kappa shape index (κ2) is 9.16. The van der Waals surface area contributed by atoms with E-state index in [0.717, 1.165) is 6.20 Å². The van der Waals surface area contributed by atoms with Crippen LogP contribution in [0, 0.1) is 6.92 Å². The van der Waals surface area contributed by atoms with Crippen LogP contribution >= 0.6 is 7.60 Å². The summed E-state index contributed by atoms with van der Waals surface area (Å²) < 4.78 is 29.7. The molecule has 1 aliphatic heterocycles. The van der Waals surface area contributed by atoms with Crippen LogP contribution in [0.3, 0.4) is 0 Å². The van der Waals surface area contributed by atoms with Gasteiger partial charge in [0.25, 0.3) is 5.56 Å². The van der Waals surface area contributed by atoms with Gasteiger partial charge in [0.05, 0.1) is 23.6 Å². The molecule has 0 saturated carbocycles. The summed E-state index contributed by atoms with van der Waals surface area (Å²) in [6.07, 6.45) is -1.77. The van der Waals surface area contributed by atoms with E-state index in [4.69, 9.17) is 14.0 Å². The molecule has 4 unspecified atom stereocenters. The fourth-order valence-electron chi connectivity index (χ4n) is 3.45. The number of nitrogens with zero attached hydrogens (tertiary/aromatic N) is 1. The van der Waals surface area contributed by atoms with Gasteiger partial charge in [0.15, 0.2) is 5.34 Å². The van der Waals surface area contributed by atoms with E-state index in [0.29, 0.717) is 17.8 Å². The van der Waals surface area contributed by atoms with Crippen LogP contribution in [-0.4, -0.2) is 61.4 Å². The van der Waals surface area contributed by atoms with Crippen LogP contribution in [0.4, 0.5) is 0 Å². The van der Waals surface area contributed by atoms with Gasteiger partial charge in [0, 0.05) is 19.2 Å². The van der Waals surface area contributed by atoms with Crippen molar-refractivity contribution in [2.75, 3.05) is 7.11 Å². The molecule has 0 radical (unpaired) electrons. The summed E-state index contributed by atoms with van der Waals surface area (Å²) in [4.78, 5) is 28.6. The number of H-pyrrole nitrogens is 1. The number of ether oxygens (including phenoxy) is 2. The van der Waals surface area contributed by atoms with Crippen LogP contribution in [0.15, 0.2) is 11.0 Å². The summed E-state index contributed by atoms with van der Waals surface area (Å²) in [5.74, 6) is 0. The lowest BCUT2D eigenvalue weighted by molar-refractivity contribution is -0.0538. The molecule has 1 saturated heterocycles. The number of aryl methyl sites for hydroxylation is 1. The minimum absolute atomic E-state index is 0.0358. The van der Waals surface area contributed by atoms with Crippen LogP contribution < -0.4 is 5.56 Å². The van der Waals surface area contributed by atoms with Gasteiger partial charge in [-0.2, -0.15) is 0 Å². The molecule has 30 heavy (non-hydrogen) atoms. The van der Waals surface area contributed by atoms with E-state index >= 15 is 0 Å². The molecule has 0 aromatic carbocycles. The molecule has 7 atom stereocenters. The Hall–Kier alpha value is -1.13. The van der Waals surface area contributed by atoms with Gasteiger partial charge in [-0.3, -0.25) is 14.3 Å². The summed E-state index contributed by atoms with van der Waals surface area (Å²) in [5, 5.41) is 19.2. The Kier molecular flexibility index (Phi) is 7.67. The average molecular weight is 448 g/mol. The molecule has 1 aromatic heterocycles. The monoisotopic (exact) mass is 448 g/mol. The maximum Gasteiger partial charge on any atom is 0.359 e. The quantitative estimate of drug-likeness (QED) is 0.414. The smallest absolute Gasteiger partial charge is 0.359 e. The number of rotatable bonds is 9. The van der Waals surface area contributed by atoms with Gasteiger partial charge in [-0.05, 0) is 33.6 Å². The standard InChI is InChI=1S/C19H33N2O8P/c1-7-18(4,29-30(25,26)19(5,24)8-2)9-12-15(23)17(27-6)16(28-12)14-11(3)21-13(22)10-20-14/h10,12,15-17,23-24H,7-9H2,1-6H3,(H,21,22)(H,25,26)/t12-,15?,16+,17+,18?,19?/m1/s1. The van der Waals surface area contributed by atoms with Crippen molar-refractivity contribution in [1.29, 1.82) is 0 Å². The van der Waals surface area contributed by atoms with E-state index in [-0.39, 0.29) is 18.4 Å². The first kappa shape index (κ1) is 25.1. The maximum atomic E-state index is 12.7. The molecule has 2 heterocycles. The molecule has 11 heteroatoms. The van der Waals surface area contributed by atoms with Crippen LogP contribution in [-0.2, 0) is 18.6 Å². The van der Waals surface area contributed by atoms with Gasteiger partial charge in [-0.1, -0.05) is 13.8 Å². The minimum atomic E-state index is -4.38. The molecule has 0 amide bonds. The molecule has 4 N–H and O–H groups in total. The Morgan fingerprint density at radius 1 is 1.33 bits per heavy atom. The molecule has 2 rings (SSSR count). The van der Waals surface area contributed by atoms with Crippen LogP contribution in [0.25, 0.3) is 0 Å². The van der Waals surface area contributed by atoms with E-state index in [9.17, 15) is 24.5 Å². The highest BCUT2D eigenvalue weighted by atomic mass is 31.2. The molecule has 1 aliphatic rings. The number of aliphatic hydroxyl groups excluding tert-OH is 1. The molecular weight excluding hydrogens is 415 g/mol. The molecule has 0 aliphatic carbocycles. The number of aromatic amines is 1. The predicted octanol–water partition coefficient (Wildman–Crippen LogP) is 1.77. The topological polar surface area (TPSA) is 151 Å². The highest BCUT2D eigenvalue weighted by Crippen LogP contribution is 2.59. The first-order valence-corrected chi connectivity index (χ1v) is 11.6. The fourth-order valence-corrected chi connectivity index (χ4v) is 4.85. The highest BCUT2D eigenvalue weighted by molar-refractivity contribution is 7.54. The van der Waals surface area contributed by atoms with Crippen molar-refractivity contribution in [3.63, 3.8) is 0 Å². The molecule has 0 spiro atoms. The third kappa shape index (κ3) is 5.02. The van der Waals surface area contributed by atoms with Crippen molar-refractivity contribution in [3.05, 3.63) is 27.9 Å². The van der Waals surface area contributed by atoms with Crippen LogP contribution in [0.1, 0.15) is 64.4 Å². The van der Waals surface area contributed by atoms with Crippen molar-refractivity contribution < 1.29 is 33.7 Å². The first-order chi connectivity index (χ1) is 13.8.